The standard InChI is InChI=1S/C10H18O3/c1-3-5-6-7-9(10(11)12)13-8-4-2/h7H,3-6,8H2,1-2H3,(H,11,12)/b9-7+. The maximum absolute atomic E-state index is 10.6. The lowest BCUT2D eigenvalue weighted by atomic mass is 10.2. The second-order valence-corrected chi connectivity index (χ2v) is 2.86. The summed E-state index contributed by atoms with van der Waals surface area (Å²) in [5.74, 6) is -0.875. The molecule has 0 aromatic heterocycles. The van der Waals surface area contributed by atoms with Gasteiger partial charge >= 0.3 is 5.97 Å². The number of allylic oxidation sites excluding steroid dienone is 1. The van der Waals surface area contributed by atoms with Crippen LogP contribution >= 0.6 is 0 Å². The van der Waals surface area contributed by atoms with Crippen LogP contribution in [-0.2, 0) is 9.53 Å². The summed E-state index contributed by atoms with van der Waals surface area (Å²) in [5, 5.41) is 8.71. The van der Waals surface area contributed by atoms with E-state index in [1.165, 1.54) is 0 Å². The van der Waals surface area contributed by atoms with E-state index in [9.17, 15) is 4.79 Å². The Morgan fingerprint density at radius 1 is 1.38 bits per heavy atom. The molecule has 3 nitrogen and oxygen atoms in total. The molecular weight excluding hydrogens is 168 g/mol. The SMILES string of the molecule is CCCC/C=C(/OCCC)C(=O)O. The van der Waals surface area contributed by atoms with E-state index >= 15 is 0 Å². The predicted octanol–water partition coefficient (Wildman–Crippen LogP) is 2.57. The van der Waals surface area contributed by atoms with Crippen LogP contribution in [0.25, 0.3) is 0 Å². The number of unbranched alkanes of at least 4 members (excludes halogenated alkanes) is 2. The minimum Gasteiger partial charge on any atom is -0.487 e. The molecule has 0 saturated heterocycles. The molecule has 0 aliphatic carbocycles. The van der Waals surface area contributed by atoms with Gasteiger partial charge in [-0.15, -0.1) is 0 Å². The molecule has 0 spiro atoms. The number of carbonyl (C=O) groups is 1. The summed E-state index contributed by atoms with van der Waals surface area (Å²) in [6.07, 6.45) is 5.34. The number of hydrogen-bond acceptors (Lipinski definition) is 2. The molecule has 0 aliphatic heterocycles. The Hall–Kier alpha value is -0.990. The number of carboxylic acid groups (broad SMARTS) is 1. The van der Waals surface area contributed by atoms with Gasteiger partial charge in [0.25, 0.3) is 0 Å². The fourth-order valence-corrected chi connectivity index (χ4v) is 0.857. The number of hydrogen-bond donors (Lipinski definition) is 1. The molecule has 0 aromatic rings. The zero-order chi connectivity index (χ0) is 10.1. The first kappa shape index (κ1) is 12.0. The average Bonchev–Trinajstić information content (AvgIpc) is 2.10. The third-order valence-electron chi connectivity index (χ3n) is 1.56. The van der Waals surface area contributed by atoms with Crippen molar-refractivity contribution in [1.29, 1.82) is 0 Å². The topological polar surface area (TPSA) is 46.5 Å². The summed E-state index contributed by atoms with van der Waals surface area (Å²) in [6, 6.07) is 0. The summed E-state index contributed by atoms with van der Waals surface area (Å²) in [5.41, 5.74) is 0. The van der Waals surface area contributed by atoms with Crippen molar-refractivity contribution >= 4 is 5.97 Å². The molecule has 0 unspecified atom stereocenters. The first-order valence-electron chi connectivity index (χ1n) is 4.78. The van der Waals surface area contributed by atoms with Crippen molar-refractivity contribution < 1.29 is 14.6 Å². The summed E-state index contributed by atoms with van der Waals surface area (Å²) in [7, 11) is 0. The van der Waals surface area contributed by atoms with Gasteiger partial charge in [0, 0.05) is 0 Å². The maximum atomic E-state index is 10.6. The molecule has 3 heteroatoms. The van der Waals surface area contributed by atoms with Crippen molar-refractivity contribution in [3.8, 4) is 0 Å². The zero-order valence-electron chi connectivity index (χ0n) is 8.38. The molecule has 0 radical (unpaired) electrons. The van der Waals surface area contributed by atoms with Gasteiger partial charge in [-0.1, -0.05) is 20.3 Å². The molecule has 0 rings (SSSR count). The van der Waals surface area contributed by atoms with E-state index in [1.807, 2.05) is 6.92 Å². The molecule has 0 aliphatic rings. The van der Waals surface area contributed by atoms with E-state index in [-0.39, 0.29) is 5.76 Å². The Labute approximate surface area is 79.4 Å². The second-order valence-electron chi connectivity index (χ2n) is 2.86. The molecule has 0 amide bonds. The van der Waals surface area contributed by atoms with Gasteiger partial charge in [0.2, 0.25) is 0 Å². The van der Waals surface area contributed by atoms with E-state index in [0.717, 1.165) is 25.7 Å². The zero-order valence-corrected chi connectivity index (χ0v) is 8.38. The quantitative estimate of drug-likeness (QED) is 0.377. The maximum Gasteiger partial charge on any atom is 0.370 e. The molecule has 0 saturated carbocycles. The molecule has 0 atom stereocenters. The van der Waals surface area contributed by atoms with Crippen LogP contribution in [0.4, 0.5) is 0 Å². The van der Waals surface area contributed by atoms with Crippen molar-refractivity contribution in [3.05, 3.63) is 11.8 Å². The monoisotopic (exact) mass is 186 g/mol. The molecule has 13 heavy (non-hydrogen) atoms. The highest BCUT2D eigenvalue weighted by molar-refractivity contribution is 5.84. The van der Waals surface area contributed by atoms with Crippen molar-refractivity contribution in [3.63, 3.8) is 0 Å². The number of ether oxygens (including phenoxy) is 1. The van der Waals surface area contributed by atoms with Gasteiger partial charge in [0.1, 0.15) is 0 Å². The van der Waals surface area contributed by atoms with Gasteiger partial charge in [0.05, 0.1) is 6.61 Å². The van der Waals surface area contributed by atoms with Gasteiger partial charge in [0.15, 0.2) is 5.76 Å². The highest BCUT2D eigenvalue weighted by Crippen LogP contribution is 2.04. The minimum absolute atomic E-state index is 0.0929. The van der Waals surface area contributed by atoms with Crippen LogP contribution in [0.1, 0.15) is 39.5 Å². The van der Waals surface area contributed by atoms with E-state index < -0.39 is 5.97 Å². The first-order valence-corrected chi connectivity index (χ1v) is 4.78. The van der Waals surface area contributed by atoms with E-state index in [1.54, 1.807) is 6.08 Å². The van der Waals surface area contributed by atoms with Gasteiger partial charge in [-0.3, -0.25) is 0 Å². The van der Waals surface area contributed by atoms with Crippen LogP contribution < -0.4 is 0 Å². The molecule has 76 valence electrons. The smallest absolute Gasteiger partial charge is 0.370 e. The Morgan fingerprint density at radius 3 is 2.54 bits per heavy atom. The Kier molecular flexibility index (Phi) is 7.07. The number of rotatable bonds is 7. The second kappa shape index (κ2) is 7.65. The minimum atomic E-state index is -0.968. The number of aliphatic carboxylic acids is 1. The normalized spacial score (nSPS) is 11.4. The van der Waals surface area contributed by atoms with Gasteiger partial charge in [-0.05, 0) is 25.3 Å². The molecule has 0 bridgehead atoms. The highest BCUT2D eigenvalue weighted by atomic mass is 16.5. The molecule has 0 fully saturated rings. The highest BCUT2D eigenvalue weighted by Gasteiger charge is 2.06. The van der Waals surface area contributed by atoms with Crippen molar-refractivity contribution in [2.24, 2.45) is 0 Å². The van der Waals surface area contributed by atoms with Crippen LogP contribution in [-0.4, -0.2) is 17.7 Å². The van der Waals surface area contributed by atoms with Gasteiger partial charge < -0.3 is 9.84 Å². The van der Waals surface area contributed by atoms with Crippen LogP contribution in [0.5, 0.6) is 0 Å². The third-order valence-corrected chi connectivity index (χ3v) is 1.56. The van der Waals surface area contributed by atoms with E-state index in [2.05, 4.69) is 6.92 Å². The fraction of sp³-hybridized carbons (Fsp3) is 0.700. The summed E-state index contributed by atoms with van der Waals surface area (Å²) >= 11 is 0. The van der Waals surface area contributed by atoms with Crippen molar-refractivity contribution in [2.75, 3.05) is 6.61 Å². The molecule has 0 heterocycles. The Bertz CT molecular complexity index is 173. The van der Waals surface area contributed by atoms with E-state index in [0.29, 0.717) is 6.61 Å². The lowest BCUT2D eigenvalue weighted by Gasteiger charge is -2.04. The molecular formula is C10H18O3. The fourth-order valence-electron chi connectivity index (χ4n) is 0.857. The lowest BCUT2D eigenvalue weighted by molar-refractivity contribution is -0.136. The van der Waals surface area contributed by atoms with Crippen LogP contribution in [0.3, 0.4) is 0 Å². The summed E-state index contributed by atoms with van der Waals surface area (Å²) in [4.78, 5) is 10.6. The summed E-state index contributed by atoms with van der Waals surface area (Å²) < 4.78 is 5.06. The predicted molar refractivity (Wildman–Crippen MR) is 51.5 cm³/mol. The Balaban J connectivity index is 3.92. The van der Waals surface area contributed by atoms with Crippen LogP contribution in [0.15, 0.2) is 11.8 Å². The summed E-state index contributed by atoms with van der Waals surface area (Å²) in [6.45, 7) is 4.50. The Morgan fingerprint density at radius 2 is 2.08 bits per heavy atom. The average molecular weight is 186 g/mol. The first-order chi connectivity index (χ1) is 6.22. The van der Waals surface area contributed by atoms with Crippen molar-refractivity contribution in [2.45, 2.75) is 39.5 Å². The van der Waals surface area contributed by atoms with Crippen LogP contribution in [0.2, 0.25) is 0 Å². The molecule has 0 aromatic carbocycles. The largest absolute Gasteiger partial charge is 0.487 e. The lowest BCUT2D eigenvalue weighted by Crippen LogP contribution is -2.05. The van der Waals surface area contributed by atoms with Gasteiger partial charge in [-0.2, -0.15) is 0 Å². The van der Waals surface area contributed by atoms with E-state index in [4.69, 9.17) is 9.84 Å². The molecule has 1 N–H and O–H groups in total. The van der Waals surface area contributed by atoms with Crippen LogP contribution in [0, 0.1) is 0 Å². The van der Waals surface area contributed by atoms with Crippen molar-refractivity contribution in [1.82, 2.24) is 0 Å². The number of carboxylic acids is 1. The third kappa shape index (κ3) is 6.20. The van der Waals surface area contributed by atoms with Gasteiger partial charge in [-0.25, -0.2) is 4.79 Å².